The predicted octanol–water partition coefficient (Wildman–Crippen LogP) is 7.36. The summed E-state index contributed by atoms with van der Waals surface area (Å²) in [5, 5.41) is 11.9. The second-order valence-electron chi connectivity index (χ2n) is 7.75. The first-order chi connectivity index (χ1) is 16.3. The second kappa shape index (κ2) is 8.51. The van der Waals surface area contributed by atoms with Crippen LogP contribution in [0, 0.1) is 24.1 Å². The van der Waals surface area contributed by atoms with Gasteiger partial charge in [-0.3, -0.25) is 0 Å². The molecule has 0 aliphatic heterocycles. The molecule has 0 fully saturated rings. The minimum Gasteiger partial charge on any atom is -0.233 e. The van der Waals surface area contributed by atoms with Crippen LogP contribution >= 0.6 is 27.3 Å². The SMILES string of the molecule is Cc1ccc(S(=O)(=O)n2c(-c3cccc(Br)c3)c(-c3ccsc3C#N)c3cc(F)ccc32)cc1. The lowest BCUT2D eigenvalue weighted by molar-refractivity contribution is 0.589. The van der Waals surface area contributed by atoms with Crippen LogP contribution in [0.3, 0.4) is 0 Å². The van der Waals surface area contributed by atoms with E-state index < -0.39 is 15.8 Å². The van der Waals surface area contributed by atoms with Gasteiger partial charge in [-0.25, -0.2) is 16.8 Å². The van der Waals surface area contributed by atoms with E-state index in [-0.39, 0.29) is 4.90 Å². The normalized spacial score (nSPS) is 11.6. The van der Waals surface area contributed by atoms with Crippen molar-refractivity contribution in [2.24, 2.45) is 0 Å². The fraction of sp³-hybridized carbons (Fsp3) is 0.0385. The van der Waals surface area contributed by atoms with E-state index in [1.807, 2.05) is 25.1 Å². The monoisotopic (exact) mass is 550 g/mol. The first-order valence-electron chi connectivity index (χ1n) is 10.2. The first-order valence-corrected chi connectivity index (χ1v) is 13.3. The Morgan fingerprint density at radius 3 is 2.50 bits per heavy atom. The number of thiophene rings is 1. The number of hydrogen-bond donors (Lipinski definition) is 0. The maximum atomic E-state index is 14.5. The molecule has 0 radical (unpaired) electrons. The molecule has 34 heavy (non-hydrogen) atoms. The molecule has 168 valence electrons. The number of nitrogens with zero attached hydrogens (tertiary/aromatic N) is 2. The van der Waals surface area contributed by atoms with Crippen LogP contribution in [-0.2, 0) is 10.0 Å². The van der Waals surface area contributed by atoms with Gasteiger partial charge in [0.15, 0.2) is 0 Å². The molecule has 0 saturated heterocycles. The summed E-state index contributed by atoms with van der Waals surface area (Å²) in [6, 6.07) is 21.9. The third-order valence-electron chi connectivity index (χ3n) is 5.58. The molecule has 5 aromatic rings. The highest BCUT2D eigenvalue weighted by molar-refractivity contribution is 9.10. The predicted molar refractivity (Wildman–Crippen MR) is 137 cm³/mol. The zero-order valence-electron chi connectivity index (χ0n) is 17.8. The van der Waals surface area contributed by atoms with Crippen LogP contribution in [0.2, 0.25) is 0 Å². The van der Waals surface area contributed by atoms with E-state index in [0.717, 1.165) is 10.0 Å². The molecule has 0 aliphatic carbocycles. The average molecular weight is 551 g/mol. The van der Waals surface area contributed by atoms with E-state index in [2.05, 4.69) is 22.0 Å². The lowest BCUT2D eigenvalue weighted by Crippen LogP contribution is -2.14. The third-order valence-corrected chi connectivity index (χ3v) is 8.62. The van der Waals surface area contributed by atoms with Crippen molar-refractivity contribution in [3.8, 4) is 28.5 Å². The Morgan fingerprint density at radius 1 is 1.03 bits per heavy atom. The average Bonchev–Trinajstić information content (AvgIpc) is 3.41. The largest absolute Gasteiger partial charge is 0.268 e. The topological polar surface area (TPSA) is 62.9 Å². The second-order valence-corrected chi connectivity index (χ2v) is 11.4. The van der Waals surface area contributed by atoms with Crippen molar-refractivity contribution in [1.29, 1.82) is 5.26 Å². The smallest absolute Gasteiger partial charge is 0.233 e. The van der Waals surface area contributed by atoms with Crippen LogP contribution in [-0.4, -0.2) is 12.4 Å². The van der Waals surface area contributed by atoms with E-state index >= 15 is 0 Å². The van der Waals surface area contributed by atoms with Gasteiger partial charge in [0.2, 0.25) is 0 Å². The van der Waals surface area contributed by atoms with Gasteiger partial charge in [0, 0.05) is 26.5 Å². The maximum absolute atomic E-state index is 14.5. The van der Waals surface area contributed by atoms with Gasteiger partial charge in [0.05, 0.1) is 16.1 Å². The number of halogens is 2. The Hall–Kier alpha value is -3.25. The van der Waals surface area contributed by atoms with Crippen molar-refractivity contribution < 1.29 is 12.8 Å². The zero-order valence-corrected chi connectivity index (χ0v) is 21.0. The Labute approximate surface area is 208 Å². The molecule has 0 atom stereocenters. The molecule has 8 heteroatoms. The number of fused-ring (bicyclic) bond motifs is 1. The molecule has 5 rings (SSSR count). The summed E-state index contributed by atoms with van der Waals surface area (Å²) in [6.07, 6.45) is 0. The van der Waals surface area contributed by atoms with Gasteiger partial charge < -0.3 is 0 Å². The van der Waals surface area contributed by atoms with Crippen molar-refractivity contribution in [2.45, 2.75) is 11.8 Å². The van der Waals surface area contributed by atoms with E-state index in [1.165, 1.54) is 33.5 Å². The lowest BCUT2D eigenvalue weighted by Gasteiger charge is -2.14. The summed E-state index contributed by atoms with van der Waals surface area (Å²) in [6.45, 7) is 1.88. The Kier molecular flexibility index (Phi) is 5.64. The fourth-order valence-electron chi connectivity index (χ4n) is 4.06. The number of rotatable bonds is 4. The highest BCUT2D eigenvalue weighted by atomic mass is 79.9. The van der Waals surface area contributed by atoms with Crippen molar-refractivity contribution in [2.75, 3.05) is 0 Å². The standard InChI is InChI=1S/C26H16BrFN2O2S2/c1-16-5-8-20(9-6-16)34(31,32)30-23-10-7-19(28)14-22(23)25(21-11-12-33-24(21)15-29)26(30)17-3-2-4-18(27)13-17/h2-14H,1H3. The van der Waals surface area contributed by atoms with E-state index in [4.69, 9.17) is 0 Å². The maximum Gasteiger partial charge on any atom is 0.268 e. The van der Waals surface area contributed by atoms with E-state index in [0.29, 0.717) is 38.2 Å². The van der Waals surface area contributed by atoms with E-state index in [1.54, 1.807) is 41.8 Å². The molecule has 2 aromatic heterocycles. The number of benzene rings is 3. The summed E-state index contributed by atoms with van der Waals surface area (Å²) in [5.41, 5.74) is 3.33. The Balaban J connectivity index is 2.00. The van der Waals surface area contributed by atoms with E-state index in [9.17, 15) is 18.1 Å². The van der Waals surface area contributed by atoms with Crippen LogP contribution in [0.15, 0.2) is 87.5 Å². The van der Waals surface area contributed by atoms with Crippen LogP contribution in [0.5, 0.6) is 0 Å². The number of nitriles is 1. The molecule has 0 spiro atoms. The molecule has 0 bridgehead atoms. The lowest BCUT2D eigenvalue weighted by atomic mass is 9.99. The van der Waals surface area contributed by atoms with Crippen molar-refractivity contribution >= 4 is 48.2 Å². The Bertz CT molecular complexity index is 1710. The summed E-state index contributed by atoms with van der Waals surface area (Å²) < 4.78 is 44.6. The van der Waals surface area contributed by atoms with Crippen LogP contribution in [0.4, 0.5) is 4.39 Å². The van der Waals surface area contributed by atoms with Crippen molar-refractivity contribution in [3.63, 3.8) is 0 Å². The molecule has 3 aromatic carbocycles. The summed E-state index contributed by atoms with van der Waals surface area (Å²) in [4.78, 5) is 0.542. The summed E-state index contributed by atoms with van der Waals surface area (Å²) in [7, 11) is -4.08. The number of hydrogen-bond acceptors (Lipinski definition) is 4. The zero-order chi connectivity index (χ0) is 24.0. The van der Waals surface area contributed by atoms with Crippen molar-refractivity contribution in [1.82, 2.24) is 3.97 Å². The highest BCUT2D eigenvalue weighted by Crippen LogP contribution is 2.45. The van der Waals surface area contributed by atoms with Crippen molar-refractivity contribution in [3.05, 3.63) is 98.9 Å². The van der Waals surface area contributed by atoms with Crippen LogP contribution in [0.25, 0.3) is 33.3 Å². The quantitative estimate of drug-likeness (QED) is 0.235. The molecule has 0 amide bonds. The first kappa shape index (κ1) is 22.5. The molecular formula is C26H16BrFN2O2S2. The highest BCUT2D eigenvalue weighted by Gasteiger charge is 2.30. The number of aryl methyl sites for hydroxylation is 1. The summed E-state index contributed by atoms with van der Waals surface area (Å²) >= 11 is 4.73. The van der Waals surface area contributed by atoms with Crippen LogP contribution < -0.4 is 0 Å². The van der Waals surface area contributed by atoms with Gasteiger partial charge in [0.25, 0.3) is 10.0 Å². The third kappa shape index (κ3) is 3.66. The minimum atomic E-state index is -4.08. The minimum absolute atomic E-state index is 0.118. The molecule has 0 saturated carbocycles. The fourth-order valence-corrected chi connectivity index (χ4v) is 6.70. The molecule has 2 heterocycles. The molecule has 0 aliphatic rings. The van der Waals surface area contributed by atoms with Crippen LogP contribution in [0.1, 0.15) is 10.4 Å². The molecule has 0 N–H and O–H groups in total. The van der Waals surface area contributed by atoms with Gasteiger partial charge in [-0.15, -0.1) is 11.3 Å². The van der Waals surface area contributed by atoms with Gasteiger partial charge in [-0.1, -0.05) is 45.8 Å². The molecule has 0 unspecified atom stereocenters. The van der Waals surface area contributed by atoms with Gasteiger partial charge in [0.1, 0.15) is 16.8 Å². The Morgan fingerprint density at radius 2 is 1.79 bits per heavy atom. The van der Waals surface area contributed by atoms with Gasteiger partial charge in [-0.2, -0.15) is 5.26 Å². The van der Waals surface area contributed by atoms with Gasteiger partial charge in [-0.05, 0) is 60.8 Å². The number of aromatic nitrogens is 1. The van der Waals surface area contributed by atoms with Gasteiger partial charge >= 0.3 is 0 Å². The molecular weight excluding hydrogens is 535 g/mol. The summed E-state index contributed by atoms with van der Waals surface area (Å²) in [5.74, 6) is -0.492. The molecule has 4 nitrogen and oxygen atoms in total.